The summed E-state index contributed by atoms with van der Waals surface area (Å²) in [7, 11) is 0. The highest BCUT2D eigenvalue weighted by atomic mass is 16.3. The van der Waals surface area contributed by atoms with Gasteiger partial charge in [-0.3, -0.25) is 0 Å². The molecule has 2 atom stereocenters. The van der Waals surface area contributed by atoms with E-state index in [0.29, 0.717) is 23.4 Å². The van der Waals surface area contributed by atoms with Crippen molar-refractivity contribution in [2.45, 2.75) is 12.8 Å². The molecule has 0 bridgehead atoms. The van der Waals surface area contributed by atoms with Crippen LogP contribution in [0.15, 0.2) is 120 Å². The molecule has 0 saturated heterocycles. The van der Waals surface area contributed by atoms with Gasteiger partial charge in [-0.05, 0) is 17.5 Å². The maximum Gasteiger partial charge on any atom is 0.164 e. The lowest BCUT2D eigenvalue weighted by atomic mass is 9.79. The third-order valence-electron chi connectivity index (χ3n) is 7.25. The van der Waals surface area contributed by atoms with Gasteiger partial charge in [0.15, 0.2) is 17.5 Å². The van der Waals surface area contributed by atoms with Crippen LogP contribution in [0.1, 0.15) is 29.7 Å². The maximum absolute atomic E-state index is 6.60. The minimum absolute atomic E-state index is 0.148. The molecule has 2 heterocycles. The Kier molecular flexibility index (Phi) is 5.44. The highest BCUT2D eigenvalue weighted by Gasteiger charge is 2.31. The Bertz CT molecular complexity index is 1720. The van der Waals surface area contributed by atoms with Gasteiger partial charge >= 0.3 is 0 Å². The summed E-state index contributed by atoms with van der Waals surface area (Å²) in [5.74, 6) is 3.39. The predicted molar refractivity (Wildman–Crippen MR) is 152 cm³/mol. The van der Waals surface area contributed by atoms with Crippen molar-refractivity contribution in [2.24, 2.45) is 5.92 Å². The molecule has 2 unspecified atom stereocenters. The van der Waals surface area contributed by atoms with Gasteiger partial charge in [-0.2, -0.15) is 0 Å². The molecule has 182 valence electrons. The van der Waals surface area contributed by atoms with E-state index in [1.165, 1.54) is 5.56 Å². The molecule has 4 nitrogen and oxygen atoms in total. The summed E-state index contributed by atoms with van der Waals surface area (Å²) >= 11 is 0. The highest BCUT2D eigenvalue weighted by Crippen LogP contribution is 2.45. The first-order chi connectivity index (χ1) is 18.8. The van der Waals surface area contributed by atoms with Crippen molar-refractivity contribution in [3.8, 4) is 34.2 Å². The zero-order valence-electron chi connectivity index (χ0n) is 21.0. The third-order valence-corrected chi connectivity index (χ3v) is 7.25. The normalized spacial score (nSPS) is 16.4. The fraction of sp³-hybridized carbons (Fsp3) is 0.0882. The van der Waals surface area contributed by atoms with E-state index in [-0.39, 0.29) is 5.92 Å². The molecule has 0 N–H and O–H groups in total. The largest absolute Gasteiger partial charge is 0.460 e. The van der Waals surface area contributed by atoms with Gasteiger partial charge in [-0.15, -0.1) is 0 Å². The SMILES string of the molecule is CC1C=Cc2c(oc3cccc(-c4nc(-c5ccccc5)nc(-c5ccccc5)n4)c23)C1c1ccccc1. The predicted octanol–water partition coefficient (Wildman–Crippen LogP) is 8.41. The molecule has 0 saturated carbocycles. The smallest absolute Gasteiger partial charge is 0.164 e. The van der Waals surface area contributed by atoms with Gasteiger partial charge < -0.3 is 4.42 Å². The van der Waals surface area contributed by atoms with E-state index in [4.69, 9.17) is 19.4 Å². The van der Waals surface area contributed by atoms with Crippen LogP contribution in [0.25, 0.3) is 51.2 Å². The molecule has 1 aliphatic carbocycles. The average Bonchev–Trinajstić information content (AvgIpc) is 3.37. The van der Waals surface area contributed by atoms with E-state index in [2.05, 4.69) is 55.5 Å². The highest BCUT2D eigenvalue weighted by molar-refractivity contribution is 6.00. The van der Waals surface area contributed by atoms with Crippen LogP contribution in [0.5, 0.6) is 0 Å². The van der Waals surface area contributed by atoms with E-state index >= 15 is 0 Å². The lowest BCUT2D eigenvalue weighted by Gasteiger charge is -2.24. The lowest BCUT2D eigenvalue weighted by molar-refractivity contribution is 0.469. The van der Waals surface area contributed by atoms with Crippen LogP contribution in [0, 0.1) is 5.92 Å². The van der Waals surface area contributed by atoms with Crippen molar-refractivity contribution in [1.29, 1.82) is 0 Å². The van der Waals surface area contributed by atoms with E-state index in [1.807, 2.05) is 72.8 Å². The molecule has 4 aromatic carbocycles. The van der Waals surface area contributed by atoms with Crippen molar-refractivity contribution >= 4 is 17.0 Å². The Balaban J connectivity index is 1.46. The molecule has 0 radical (unpaired) electrons. The monoisotopic (exact) mass is 491 g/mol. The Morgan fingerprint density at radius 3 is 1.82 bits per heavy atom. The van der Waals surface area contributed by atoms with Crippen LogP contribution < -0.4 is 0 Å². The second kappa shape index (κ2) is 9.24. The van der Waals surface area contributed by atoms with Crippen molar-refractivity contribution in [3.63, 3.8) is 0 Å². The quantitative estimate of drug-likeness (QED) is 0.248. The minimum Gasteiger partial charge on any atom is -0.460 e. The van der Waals surface area contributed by atoms with E-state index in [0.717, 1.165) is 39.0 Å². The summed E-state index contributed by atoms with van der Waals surface area (Å²) in [6.45, 7) is 2.25. The molecule has 2 aromatic heterocycles. The number of hydrogen-bond donors (Lipinski definition) is 0. The van der Waals surface area contributed by atoms with Gasteiger partial charge in [0.25, 0.3) is 0 Å². The fourth-order valence-corrected chi connectivity index (χ4v) is 5.42. The van der Waals surface area contributed by atoms with Gasteiger partial charge in [0.1, 0.15) is 11.3 Å². The van der Waals surface area contributed by atoms with Crippen LogP contribution >= 0.6 is 0 Å². The van der Waals surface area contributed by atoms with Crippen LogP contribution in [-0.2, 0) is 0 Å². The number of nitrogens with zero attached hydrogens (tertiary/aromatic N) is 3. The summed E-state index contributed by atoms with van der Waals surface area (Å²) in [5.41, 5.74) is 6.04. The summed E-state index contributed by atoms with van der Waals surface area (Å²) in [6, 6.07) is 36.9. The number of hydrogen-bond acceptors (Lipinski definition) is 4. The molecule has 38 heavy (non-hydrogen) atoms. The van der Waals surface area contributed by atoms with Crippen LogP contribution in [0.3, 0.4) is 0 Å². The van der Waals surface area contributed by atoms with Crippen molar-refractivity contribution in [3.05, 3.63) is 132 Å². The third kappa shape index (κ3) is 3.82. The van der Waals surface area contributed by atoms with Crippen LogP contribution in [0.4, 0.5) is 0 Å². The minimum atomic E-state index is 0.148. The van der Waals surface area contributed by atoms with E-state index in [9.17, 15) is 0 Å². The summed E-state index contributed by atoms with van der Waals surface area (Å²) in [4.78, 5) is 14.8. The van der Waals surface area contributed by atoms with Crippen molar-refractivity contribution in [2.75, 3.05) is 0 Å². The number of rotatable bonds is 4. The number of allylic oxidation sites excluding steroid dienone is 1. The van der Waals surface area contributed by atoms with Crippen molar-refractivity contribution in [1.82, 2.24) is 15.0 Å². The molecule has 1 aliphatic rings. The Labute approximate surface area is 221 Å². The molecule has 4 heteroatoms. The summed E-state index contributed by atoms with van der Waals surface area (Å²) in [5, 5.41) is 1.04. The standard InChI is InChI=1S/C34H25N3O/c1-22-20-21-26-30-27(18-11-19-28(30)38-31(26)29(22)23-12-5-2-6-13-23)34-36-32(24-14-7-3-8-15-24)35-33(37-34)25-16-9-4-10-17-25/h2-22,29H,1H3. The number of benzene rings is 4. The van der Waals surface area contributed by atoms with E-state index < -0.39 is 0 Å². The number of fused-ring (bicyclic) bond motifs is 3. The molecular formula is C34H25N3O. The van der Waals surface area contributed by atoms with Gasteiger partial charge in [0.05, 0.1) is 0 Å². The molecule has 0 aliphatic heterocycles. The summed E-state index contributed by atoms with van der Waals surface area (Å²) in [6.07, 6.45) is 4.48. The summed E-state index contributed by atoms with van der Waals surface area (Å²) < 4.78 is 6.60. The molecule has 6 aromatic rings. The molecule has 0 amide bonds. The number of aromatic nitrogens is 3. The first-order valence-electron chi connectivity index (χ1n) is 12.9. The lowest BCUT2D eigenvalue weighted by Crippen LogP contribution is -2.12. The van der Waals surface area contributed by atoms with Gasteiger partial charge in [-0.1, -0.05) is 122 Å². The maximum atomic E-state index is 6.60. The van der Waals surface area contributed by atoms with Gasteiger partial charge in [0.2, 0.25) is 0 Å². The Hall–Kier alpha value is -4.83. The Morgan fingerprint density at radius 1 is 0.605 bits per heavy atom. The second-order valence-corrected chi connectivity index (χ2v) is 9.70. The second-order valence-electron chi connectivity index (χ2n) is 9.70. The first-order valence-corrected chi connectivity index (χ1v) is 12.9. The number of furan rings is 1. The fourth-order valence-electron chi connectivity index (χ4n) is 5.42. The molecule has 7 rings (SSSR count). The zero-order chi connectivity index (χ0) is 25.5. The van der Waals surface area contributed by atoms with E-state index in [1.54, 1.807) is 0 Å². The van der Waals surface area contributed by atoms with Crippen LogP contribution in [0.2, 0.25) is 0 Å². The molecule has 0 fully saturated rings. The topological polar surface area (TPSA) is 51.8 Å². The van der Waals surface area contributed by atoms with Gasteiger partial charge in [-0.25, -0.2) is 15.0 Å². The van der Waals surface area contributed by atoms with Gasteiger partial charge in [0, 0.05) is 33.6 Å². The average molecular weight is 492 g/mol. The van der Waals surface area contributed by atoms with Crippen LogP contribution in [-0.4, -0.2) is 15.0 Å². The zero-order valence-corrected chi connectivity index (χ0v) is 21.0. The molecular weight excluding hydrogens is 466 g/mol. The molecule has 0 spiro atoms. The van der Waals surface area contributed by atoms with Crippen molar-refractivity contribution < 1.29 is 4.42 Å². The Morgan fingerprint density at radius 2 is 1.18 bits per heavy atom. The first kappa shape index (κ1) is 22.4.